The molecule has 72 valence electrons. The van der Waals surface area contributed by atoms with E-state index >= 15 is 0 Å². The lowest BCUT2D eigenvalue weighted by Crippen LogP contribution is -2.19. The van der Waals surface area contributed by atoms with Gasteiger partial charge < -0.3 is 20.0 Å². The zero-order valence-electron chi connectivity index (χ0n) is 6.60. The Balaban J connectivity index is 0. The number of rotatable bonds is 2. The lowest BCUT2D eigenvalue weighted by molar-refractivity contribution is -0.116. The molecular weight excluding hydrogens is 185 g/mol. The number of nitrogens with one attached hydrogen (secondary N) is 1. The Hall–Kier alpha value is -0.680. The molecule has 0 aromatic heterocycles. The van der Waals surface area contributed by atoms with Crippen LogP contribution in [0.1, 0.15) is 6.92 Å². The van der Waals surface area contributed by atoms with Crippen LogP contribution in [0.4, 0.5) is 0 Å². The Morgan fingerprint density at radius 1 is 1.58 bits per heavy atom. The van der Waals surface area contributed by atoms with E-state index in [4.69, 9.17) is 19.2 Å². The van der Waals surface area contributed by atoms with Gasteiger partial charge in [0.15, 0.2) is 0 Å². The molecule has 6 nitrogen and oxygen atoms in total. The lowest BCUT2D eigenvalue weighted by Gasteiger charge is -1.90. The average Bonchev–Trinajstić information content (AvgIpc) is 1.85. The summed E-state index contributed by atoms with van der Waals surface area (Å²) >= 11 is 0. The van der Waals surface area contributed by atoms with Crippen molar-refractivity contribution in [1.29, 1.82) is 0 Å². The van der Waals surface area contributed by atoms with Crippen LogP contribution >= 0.6 is 7.82 Å². The summed E-state index contributed by atoms with van der Waals surface area (Å²) in [6.45, 7) is 5.80. The highest BCUT2D eigenvalue weighted by molar-refractivity contribution is 7.45. The van der Waals surface area contributed by atoms with Gasteiger partial charge in [0.1, 0.15) is 0 Å². The van der Waals surface area contributed by atoms with Gasteiger partial charge in [0, 0.05) is 6.54 Å². The third-order valence-electron chi connectivity index (χ3n) is 0.536. The summed E-state index contributed by atoms with van der Waals surface area (Å²) in [4.78, 5) is 31.7. The van der Waals surface area contributed by atoms with Gasteiger partial charge in [-0.25, -0.2) is 4.57 Å². The summed E-state index contributed by atoms with van der Waals surface area (Å²) in [5.74, 6) is -0.109. The summed E-state index contributed by atoms with van der Waals surface area (Å²) in [5.41, 5.74) is 0. The molecule has 0 fully saturated rings. The van der Waals surface area contributed by atoms with Crippen LogP contribution in [-0.2, 0) is 9.36 Å². The highest BCUT2D eigenvalue weighted by Crippen LogP contribution is 2.25. The van der Waals surface area contributed by atoms with Gasteiger partial charge >= 0.3 is 7.82 Å². The van der Waals surface area contributed by atoms with E-state index in [0.717, 1.165) is 0 Å². The molecule has 0 aliphatic heterocycles. The molecule has 0 aromatic carbocycles. The molecule has 0 rings (SSSR count). The molecule has 12 heavy (non-hydrogen) atoms. The van der Waals surface area contributed by atoms with Crippen molar-refractivity contribution in [1.82, 2.24) is 5.32 Å². The second-order valence-electron chi connectivity index (χ2n) is 1.61. The van der Waals surface area contributed by atoms with Crippen molar-refractivity contribution in [2.45, 2.75) is 6.92 Å². The number of carbonyl (C=O) groups excluding carboxylic acids is 1. The van der Waals surface area contributed by atoms with Crippen molar-refractivity contribution in [3.05, 3.63) is 12.7 Å². The van der Waals surface area contributed by atoms with Crippen LogP contribution in [-0.4, -0.2) is 27.1 Å². The van der Waals surface area contributed by atoms with Crippen LogP contribution in [0.5, 0.6) is 0 Å². The number of hydrogen-bond acceptors (Lipinski definition) is 2. The summed E-state index contributed by atoms with van der Waals surface area (Å²) in [7, 11) is -4.64. The van der Waals surface area contributed by atoms with E-state index in [0.29, 0.717) is 6.54 Å². The smallest absolute Gasteiger partial charge is 0.353 e. The Kier molecular flexibility index (Phi) is 8.09. The van der Waals surface area contributed by atoms with Gasteiger partial charge in [-0.3, -0.25) is 4.79 Å². The van der Waals surface area contributed by atoms with Crippen LogP contribution in [0.15, 0.2) is 12.7 Å². The third kappa shape index (κ3) is 34.6. The molecular formula is C5H12NO5P. The summed E-state index contributed by atoms with van der Waals surface area (Å²) in [6.07, 6.45) is 1.25. The van der Waals surface area contributed by atoms with Gasteiger partial charge in [0.2, 0.25) is 5.91 Å². The van der Waals surface area contributed by atoms with E-state index in [2.05, 4.69) is 11.9 Å². The molecule has 0 heterocycles. The summed E-state index contributed by atoms with van der Waals surface area (Å²) < 4.78 is 8.88. The monoisotopic (exact) mass is 197 g/mol. The van der Waals surface area contributed by atoms with E-state index in [9.17, 15) is 4.79 Å². The van der Waals surface area contributed by atoms with Crippen LogP contribution in [0.2, 0.25) is 0 Å². The van der Waals surface area contributed by atoms with Crippen molar-refractivity contribution in [2.75, 3.05) is 6.54 Å². The van der Waals surface area contributed by atoms with Gasteiger partial charge in [0.05, 0.1) is 0 Å². The minimum Gasteiger partial charge on any atom is -0.353 e. The Morgan fingerprint density at radius 3 is 2.00 bits per heavy atom. The predicted octanol–water partition coefficient (Wildman–Crippen LogP) is -0.620. The zero-order valence-corrected chi connectivity index (χ0v) is 7.49. The van der Waals surface area contributed by atoms with E-state index in [1.807, 2.05) is 6.92 Å². The van der Waals surface area contributed by atoms with Gasteiger partial charge in [-0.15, -0.1) is 0 Å². The fourth-order valence-corrected chi connectivity index (χ4v) is 0.246. The molecule has 0 bridgehead atoms. The van der Waals surface area contributed by atoms with Crippen molar-refractivity contribution < 1.29 is 24.0 Å². The first kappa shape index (κ1) is 13.9. The quantitative estimate of drug-likeness (QED) is 0.348. The lowest BCUT2D eigenvalue weighted by atomic mass is 10.6. The fraction of sp³-hybridized carbons (Fsp3) is 0.400. The summed E-state index contributed by atoms with van der Waals surface area (Å²) in [5, 5.41) is 2.54. The van der Waals surface area contributed by atoms with Crippen molar-refractivity contribution >= 4 is 13.7 Å². The van der Waals surface area contributed by atoms with Crippen LogP contribution in [0.25, 0.3) is 0 Å². The third-order valence-corrected chi connectivity index (χ3v) is 0.536. The molecule has 0 unspecified atom stereocenters. The second kappa shape index (κ2) is 7.00. The number of amides is 1. The normalized spacial score (nSPS) is 9.33. The van der Waals surface area contributed by atoms with Crippen LogP contribution < -0.4 is 5.32 Å². The van der Waals surface area contributed by atoms with E-state index in [-0.39, 0.29) is 5.91 Å². The average molecular weight is 197 g/mol. The predicted molar refractivity (Wildman–Crippen MR) is 43.1 cm³/mol. The zero-order chi connectivity index (χ0) is 10.2. The second-order valence-corrected chi connectivity index (χ2v) is 2.64. The van der Waals surface area contributed by atoms with Gasteiger partial charge in [0.25, 0.3) is 0 Å². The Morgan fingerprint density at radius 2 is 1.92 bits per heavy atom. The molecule has 0 aliphatic carbocycles. The van der Waals surface area contributed by atoms with Gasteiger partial charge in [-0.1, -0.05) is 6.58 Å². The highest BCUT2D eigenvalue weighted by atomic mass is 31.2. The maximum absolute atomic E-state index is 10.2. The number of likely N-dealkylation sites (N-methyl/N-ethyl adjacent to an activating group) is 1. The molecule has 0 atom stereocenters. The molecule has 7 heteroatoms. The van der Waals surface area contributed by atoms with E-state index in [1.165, 1.54) is 6.08 Å². The molecule has 0 spiro atoms. The van der Waals surface area contributed by atoms with E-state index in [1.54, 1.807) is 0 Å². The maximum Gasteiger partial charge on any atom is 0.466 e. The Labute approximate surface area is 70.2 Å². The highest BCUT2D eigenvalue weighted by Gasteiger charge is 2.00. The number of phosphoric acid groups is 1. The van der Waals surface area contributed by atoms with Crippen LogP contribution in [0, 0.1) is 0 Å². The largest absolute Gasteiger partial charge is 0.466 e. The number of carbonyl (C=O) groups is 1. The van der Waals surface area contributed by atoms with Crippen molar-refractivity contribution in [3.8, 4) is 0 Å². The molecule has 0 saturated carbocycles. The molecule has 1 amide bonds. The van der Waals surface area contributed by atoms with Crippen LogP contribution in [0.3, 0.4) is 0 Å². The maximum atomic E-state index is 10.2. The van der Waals surface area contributed by atoms with Crippen molar-refractivity contribution in [2.24, 2.45) is 0 Å². The Bertz CT molecular complexity index is 178. The van der Waals surface area contributed by atoms with Crippen molar-refractivity contribution in [3.63, 3.8) is 0 Å². The minimum absolute atomic E-state index is 0.109. The van der Waals surface area contributed by atoms with Gasteiger partial charge in [-0.2, -0.15) is 0 Å². The fourth-order valence-electron chi connectivity index (χ4n) is 0.246. The SMILES string of the molecule is C=CC(=O)NCC.O=P(O)(O)O. The topological polar surface area (TPSA) is 107 Å². The molecule has 0 aliphatic rings. The van der Waals surface area contributed by atoms with Gasteiger partial charge in [-0.05, 0) is 13.0 Å². The minimum atomic E-state index is -4.64. The molecule has 0 aromatic rings. The molecule has 4 N–H and O–H groups in total. The molecule has 0 saturated heterocycles. The standard InChI is InChI=1S/C5H9NO.H3O4P/c1-3-5(7)6-4-2;1-5(2,3)4/h3H,1,4H2,2H3,(H,6,7);(H3,1,2,3,4). The number of hydrogen-bond donors (Lipinski definition) is 4. The first-order valence-corrected chi connectivity index (χ1v) is 4.56. The molecule has 0 radical (unpaired) electrons. The summed E-state index contributed by atoms with van der Waals surface area (Å²) in [6, 6.07) is 0. The first-order chi connectivity index (χ1) is 5.31. The first-order valence-electron chi connectivity index (χ1n) is 2.99. The van der Waals surface area contributed by atoms with E-state index < -0.39 is 7.82 Å².